The zero-order valence-electron chi connectivity index (χ0n) is 20.0. The number of carbonyl (C=O) groups excluding carboxylic acids is 5. The Morgan fingerprint density at radius 3 is 2.38 bits per heavy atom. The van der Waals surface area contributed by atoms with E-state index >= 15 is 0 Å². The van der Waals surface area contributed by atoms with Gasteiger partial charge in [-0.1, -0.05) is 26.7 Å². The first-order valence-electron chi connectivity index (χ1n) is 11.4. The molecule has 1 aliphatic rings. The van der Waals surface area contributed by atoms with E-state index in [1.165, 1.54) is 6.92 Å². The number of hydrogen-bond donors (Lipinski definition) is 7. The van der Waals surface area contributed by atoms with Gasteiger partial charge in [-0.25, -0.2) is 15.2 Å². The number of aliphatic hydroxyl groups is 1. The van der Waals surface area contributed by atoms with Crippen LogP contribution in [-0.2, 0) is 24.0 Å². The molecule has 2 amide bonds. The van der Waals surface area contributed by atoms with Crippen molar-refractivity contribution < 1.29 is 29.1 Å². The second kappa shape index (κ2) is 15.2. The Morgan fingerprint density at radius 1 is 1.21 bits per heavy atom. The van der Waals surface area contributed by atoms with Crippen LogP contribution in [0, 0.1) is 5.92 Å². The summed E-state index contributed by atoms with van der Waals surface area (Å²) < 4.78 is 1.58. The quantitative estimate of drug-likeness (QED) is 0.0500. The lowest BCUT2D eigenvalue weighted by Crippen LogP contribution is -2.58. The molecule has 0 radical (unpaired) electrons. The van der Waals surface area contributed by atoms with Crippen LogP contribution in [0.2, 0.25) is 0 Å². The van der Waals surface area contributed by atoms with E-state index in [2.05, 4.69) is 34.3 Å². The lowest BCUT2D eigenvalue weighted by atomic mass is 10.0. The smallest absolute Gasteiger partial charge is 0.239 e. The van der Waals surface area contributed by atoms with Gasteiger partial charge >= 0.3 is 0 Å². The summed E-state index contributed by atoms with van der Waals surface area (Å²) in [6.45, 7) is 6.04. The van der Waals surface area contributed by atoms with Gasteiger partial charge in [-0.3, -0.25) is 19.2 Å². The zero-order valence-corrected chi connectivity index (χ0v) is 20.8. The second-order valence-electron chi connectivity index (χ2n) is 8.99. The first-order valence-corrected chi connectivity index (χ1v) is 11.8. The highest BCUT2D eigenvalue weighted by Crippen LogP contribution is 2.19. The van der Waals surface area contributed by atoms with Gasteiger partial charge in [-0.15, -0.1) is 0 Å². The largest absolute Gasteiger partial charge is 0.391 e. The number of hydrogen-bond acceptors (Lipinski definition) is 11. The molecule has 0 aromatic rings. The summed E-state index contributed by atoms with van der Waals surface area (Å²) in [6.07, 6.45) is 1.07. The molecule has 0 spiro atoms. The number of ketones is 2. The van der Waals surface area contributed by atoms with Crippen molar-refractivity contribution in [2.75, 3.05) is 19.6 Å². The van der Waals surface area contributed by atoms with Gasteiger partial charge in [0.25, 0.3) is 0 Å². The fourth-order valence-corrected chi connectivity index (χ4v) is 3.95. The van der Waals surface area contributed by atoms with Gasteiger partial charge in [0, 0.05) is 19.1 Å². The van der Waals surface area contributed by atoms with Gasteiger partial charge in [0.15, 0.2) is 0 Å². The molecule has 0 aromatic carbocycles. The summed E-state index contributed by atoms with van der Waals surface area (Å²) in [5, 5.41) is 15.3. The van der Waals surface area contributed by atoms with Gasteiger partial charge in [0.2, 0.25) is 23.4 Å². The fraction of sp³-hybridized carbons (Fsp3) is 0.762. The predicted octanol–water partition coefficient (Wildman–Crippen LogP) is -2.16. The van der Waals surface area contributed by atoms with Crippen LogP contribution in [0.25, 0.3) is 0 Å². The third-order valence-electron chi connectivity index (χ3n) is 5.39. The van der Waals surface area contributed by atoms with Crippen LogP contribution in [0.5, 0.6) is 0 Å². The predicted molar refractivity (Wildman–Crippen MR) is 128 cm³/mol. The van der Waals surface area contributed by atoms with Crippen LogP contribution in [0.3, 0.4) is 0 Å². The zero-order chi connectivity index (χ0) is 25.8. The molecule has 7 N–H and O–H groups in total. The van der Waals surface area contributed by atoms with Crippen LogP contribution in [0.1, 0.15) is 46.5 Å². The van der Waals surface area contributed by atoms with E-state index in [0.29, 0.717) is 25.7 Å². The lowest BCUT2D eigenvalue weighted by molar-refractivity contribution is -0.137. The fourth-order valence-electron chi connectivity index (χ4n) is 3.59. The van der Waals surface area contributed by atoms with Gasteiger partial charge in [-0.2, -0.15) is 0 Å². The Kier molecular flexibility index (Phi) is 13.4. The minimum Gasteiger partial charge on any atom is -0.391 e. The number of aliphatic hydroxyl groups excluding tert-OH is 1. The molecule has 12 nitrogen and oxygen atoms in total. The van der Waals surface area contributed by atoms with Gasteiger partial charge in [0.1, 0.15) is 18.4 Å². The number of nitrogens with zero attached hydrogens (tertiary/aromatic N) is 1. The van der Waals surface area contributed by atoms with E-state index in [1.807, 2.05) is 13.8 Å². The Morgan fingerprint density at radius 2 is 1.88 bits per heavy atom. The number of thiol groups is 1. The van der Waals surface area contributed by atoms with E-state index < -0.39 is 53.7 Å². The van der Waals surface area contributed by atoms with Crippen molar-refractivity contribution in [3.05, 3.63) is 0 Å². The molecule has 0 bridgehead atoms. The highest BCUT2D eigenvalue weighted by atomic mass is 32.1. The molecule has 0 aromatic heterocycles. The lowest BCUT2D eigenvalue weighted by Gasteiger charge is -2.26. The Bertz CT molecular complexity index is 722. The van der Waals surface area contributed by atoms with E-state index in [9.17, 15) is 29.1 Å². The topological polar surface area (TPSA) is 183 Å². The summed E-state index contributed by atoms with van der Waals surface area (Å²) >= 11 is 4.23. The summed E-state index contributed by atoms with van der Waals surface area (Å²) in [5.41, 5.74) is 10.4. The molecular formula is C21H38N6O6S. The SMILES string of the molecule is CC(C)C[C@@H](CNCC(=O)C(=O)[C@@H]1CCCN1S)NC(=O)[C@H](CC(N)=O)NN[C@H](C=O)[C@@H](C)O. The standard InChI is InChI=1S/C21H38N6O6S/c1-12(2)7-14(9-23-10-18(30)20(32)17-5-4-6-27(17)34)24-21(33)15(8-19(22)31)25-26-16(11-28)13(3)29/h11-17,23,25-26,29,34H,4-10H2,1-3H3,(H2,22,31)(H,24,33)/t13-,14+,15+,16-,17+/m1/s1. The van der Waals surface area contributed by atoms with Crippen molar-refractivity contribution in [1.29, 1.82) is 0 Å². The number of carbonyl (C=O) groups is 5. The normalized spacial score (nSPS) is 19.9. The molecule has 0 saturated carbocycles. The van der Waals surface area contributed by atoms with E-state index in [4.69, 9.17) is 5.73 Å². The second-order valence-corrected chi connectivity index (χ2v) is 9.50. The molecule has 1 heterocycles. The molecular weight excluding hydrogens is 464 g/mol. The number of amides is 2. The van der Waals surface area contributed by atoms with Crippen molar-refractivity contribution in [1.82, 2.24) is 25.8 Å². The van der Waals surface area contributed by atoms with E-state index in [0.717, 1.165) is 6.42 Å². The van der Waals surface area contributed by atoms with Crippen LogP contribution in [0.15, 0.2) is 0 Å². The molecule has 34 heavy (non-hydrogen) atoms. The number of hydrazine groups is 1. The van der Waals surface area contributed by atoms with Gasteiger partial charge < -0.3 is 26.3 Å². The Labute approximate surface area is 205 Å². The maximum Gasteiger partial charge on any atom is 0.239 e. The van der Waals surface area contributed by atoms with Crippen LogP contribution >= 0.6 is 12.8 Å². The molecule has 1 rings (SSSR count). The van der Waals surface area contributed by atoms with Crippen molar-refractivity contribution >= 4 is 42.5 Å². The summed E-state index contributed by atoms with van der Waals surface area (Å²) in [6, 6.07) is -3.00. The minimum absolute atomic E-state index is 0.165. The minimum atomic E-state index is -1.10. The molecule has 5 atom stereocenters. The average Bonchev–Trinajstić information content (AvgIpc) is 3.17. The first-order chi connectivity index (χ1) is 16.0. The number of rotatable bonds is 17. The monoisotopic (exact) mass is 502 g/mol. The number of nitrogens with two attached hydrogens (primary N) is 1. The third kappa shape index (κ3) is 10.6. The number of primary amides is 1. The molecule has 0 unspecified atom stereocenters. The van der Waals surface area contributed by atoms with Crippen molar-refractivity contribution in [2.24, 2.45) is 11.7 Å². The summed E-state index contributed by atoms with van der Waals surface area (Å²) in [4.78, 5) is 59.9. The molecule has 1 fully saturated rings. The highest BCUT2D eigenvalue weighted by molar-refractivity contribution is 7.77. The van der Waals surface area contributed by atoms with E-state index in [1.54, 1.807) is 4.31 Å². The Hall–Kier alpha value is -1.90. The molecule has 0 aliphatic carbocycles. The maximum absolute atomic E-state index is 12.8. The number of aldehydes is 1. The molecule has 1 saturated heterocycles. The first kappa shape index (κ1) is 30.1. The Balaban J connectivity index is 2.69. The van der Waals surface area contributed by atoms with Crippen LogP contribution < -0.4 is 27.2 Å². The summed E-state index contributed by atoms with van der Waals surface area (Å²) in [5.74, 6) is -2.11. The maximum atomic E-state index is 12.8. The van der Waals surface area contributed by atoms with E-state index in [-0.39, 0.29) is 25.4 Å². The van der Waals surface area contributed by atoms with Crippen molar-refractivity contribution in [2.45, 2.75) is 76.7 Å². The highest BCUT2D eigenvalue weighted by Gasteiger charge is 2.32. The van der Waals surface area contributed by atoms with Gasteiger partial charge in [-0.05, 0) is 32.1 Å². The van der Waals surface area contributed by atoms with Crippen molar-refractivity contribution in [3.8, 4) is 0 Å². The third-order valence-corrected chi connectivity index (χ3v) is 5.87. The van der Waals surface area contributed by atoms with Crippen molar-refractivity contribution in [3.63, 3.8) is 0 Å². The van der Waals surface area contributed by atoms with Crippen LogP contribution in [-0.4, -0.2) is 89.0 Å². The summed E-state index contributed by atoms with van der Waals surface area (Å²) in [7, 11) is 0. The molecule has 194 valence electrons. The molecule has 1 aliphatic heterocycles. The van der Waals surface area contributed by atoms with Gasteiger partial charge in [0.05, 0.1) is 25.1 Å². The average molecular weight is 503 g/mol. The number of Topliss-reactive ketones (excluding diaryl/α,β-unsaturated/α-hetero) is 2. The number of nitrogens with one attached hydrogen (secondary N) is 4. The molecule has 13 heteroatoms. The van der Waals surface area contributed by atoms with Crippen LogP contribution in [0.4, 0.5) is 0 Å².